The van der Waals surface area contributed by atoms with Crippen LogP contribution < -0.4 is 5.32 Å². The third kappa shape index (κ3) is 4.43. The predicted octanol–water partition coefficient (Wildman–Crippen LogP) is 3.12. The number of likely N-dealkylation sites (N-methyl/N-ethyl adjacent to an activating group) is 1. The molecule has 1 atom stereocenters. The van der Waals surface area contributed by atoms with Gasteiger partial charge < -0.3 is 10.2 Å². The van der Waals surface area contributed by atoms with E-state index < -0.39 is 0 Å². The van der Waals surface area contributed by atoms with E-state index in [9.17, 15) is 0 Å². The topological polar surface area (TPSA) is 15.3 Å². The van der Waals surface area contributed by atoms with Crippen LogP contribution in [0.2, 0.25) is 0 Å². The van der Waals surface area contributed by atoms with Crippen molar-refractivity contribution in [2.45, 2.75) is 46.7 Å². The lowest BCUT2D eigenvalue weighted by molar-refractivity contribution is 0.251. The first-order chi connectivity index (χ1) is 8.56. The zero-order valence-electron chi connectivity index (χ0n) is 12.6. The fourth-order valence-electron chi connectivity index (χ4n) is 2.13. The van der Waals surface area contributed by atoms with Crippen LogP contribution in [0.3, 0.4) is 0 Å². The molecule has 2 nitrogen and oxygen atoms in total. The molecule has 18 heavy (non-hydrogen) atoms. The summed E-state index contributed by atoms with van der Waals surface area (Å²) in [5.41, 5.74) is 4.22. The minimum absolute atomic E-state index is 0.673. The van der Waals surface area contributed by atoms with Gasteiger partial charge in [-0.2, -0.15) is 0 Å². The van der Waals surface area contributed by atoms with Crippen molar-refractivity contribution in [1.29, 1.82) is 0 Å². The maximum absolute atomic E-state index is 3.55. The number of hydrogen-bond donors (Lipinski definition) is 1. The van der Waals surface area contributed by atoms with Gasteiger partial charge in [-0.05, 0) is 50.9 Å². The average Bonchev–Trinajstić information content (AvgIpc) is 2.36. The summed E-state index contributed by atoms with van der Waals surface area (Å²) in [6.07, 6.45) is 1.22. The second-order valence-corrected chi connectivity index (χ2v) is 5.29. The molecule has 0 amide bonds. The molecule has 1 N–H and O–H groups in total. The summed E-state index contributed by atoms with van der Waals surface area (Å²) in [5, 5.41) is 3.55. The van der Waals surface area contributed by atoms with E-state index in [0.29, 0.717) is 6.04 Å². The molecule has 0 aliphatic heterocycles. The molecule has 102 valence electrons. The van der Waals surface area contributed by atoms with Crippen LogP contribution in [-0.4, -0.2) is 31.1 Å². The lowest BCUT2D eigenvalue weighted by Gasteiger charge is -2.23. The van der Waals surface area contributed by atoms with Crippen LogP contribution >= 0.6 is 0 Å². The van der Waals surface area contributed by atoms with Crippen molar-refractivity contribution in [1.82, 2.24) is 10.2 Å². The molecule has 1 unspecified atom stereocenters. The standard InChI is InChI=1S/C16H28N2/c1-6-15(4)18(5)11-10-17-12-16-13(2)8-7-9-14(16)3/h7-9,15,17H,6,10-12H2,1-5H3. The molecular weight excluding hydrogens is 220 g/mol. The molecule has 1 aromatic carbocycles. The molecule has 0 saturated carbocycles. The minimum atomic E-state index is 0.673. The van der Waals surface area contributed by atoms with Gasteiger partial charge in [-0.1, -0.05) is 25.1 Å². The highest BCUT2D eigenvalue weighted by molar-refractivity contribution is 5.33. The first-order valence-electron chi connectivity index (χ1n) is 7.02. The van der Waals surface area contributed by atoms with Gasteiger partial charge in [0.15, 0.2) is 0 Å². The third-order valence-corrected chi connectivity index (χ3v) is 3.93. The Morgan fingerprint density at radius 3 is 2.39 bits per heavy atom. The Morgan fingerprint density at radius 2 is 1.83 bits per heavy atom. The molecule has 0 radical (unpaired) electrons. The Hall–Kier alpha value is -0.860. The summed E-state index contributed by atoms with van der Waals surface area (Å²) in [4.78, 5) is 2.41. The normalized spacial score (nSPS) is 13.0. The van der Waals surface area contributed by atoms with Gasteiger partial charge >= 0.3 is 0 Å². The molecule has 0 aliphatic rings. The Bertz CT molecular complexity index is 340. The van der Waals surface area contributed by atoms with E-state index in [1.54, 1.807) is 0 Å². The molecule has 0 aromatic heterocycles. The number of nitrogens with one attached hydrogen (secondary N) is 1. The number of benzene rings is 1. The Kier molecular flexibility index (Phi) is 6.37. The van der Waals surface area contributed by atoms with Gasteiger partial charge in [0.1, 0.15) is 0 Å². The van der Waals surface area contributed by atoms with Gasteiger partial charge in [0.05, 0.1) is 0 Å². The first-order valence-corrected chi connectivity index (χ1v) is 7.02. The van der Waals surface area contributed by atoms with E-state index in [1.807, 2.05) is 0 Å². The summed E-state index contributed by atoms with van der Waals surface area (Å²) in [5.74, 6) is 0. The first kappa shape index (κ1) is 15.2. The number of nitrogens with zero attached hydrogens (tertiary/aromatic N) is 1. The van der Waals surface area contributed by atoms with Crippen molar-refractivity contribution < 1.29 is 0 Å². The molecule has 0 saturated heterocycles. The Morgan fingerprint density at radius 1 is 1.22 bits per heavy atom. The van der Waals surface area contributed by atoms with Crippen molar-refractivity contribution in [2.75, 3.05) is 20.1 Å². The van der Waals surface area contributed by atoms with Crippen LogP contribution in [0.1, 0.15) is 37.0 Å². The molecule has 2 heteroatoms. The van der Waals surface area contributed by atoms with Crippen molar-refractivity contribution in [3.8, 4) is 0 Å². The zero-order valence-corrected chi connectivity index (χ0v) is 12.6. The Balaban J connectivity index is 2.34. The SMILES string of the molecule is CCC(C)N(C)CCNCc1c(C)cccc1C. The van der Waals surface area contributed by atoms with Gasteiger partial charge in [0.25, 0.3) is 0 Å². The smallest absolute Gasteiger partial charge is 0.0211 e. The van der Waals surface area contributed by atoms with Gasteiger partial charge in [0, 0.05) is 25.7 Å². The molecule has 1 rings (SSSR count). The van der Waals surface area contributed by atoms with E-state index in [2.05, 4.69) is 63.2 Å². The fourth-order valence-corrected chi connectivity index (χ4v) is 2.13. The lowest BCUT2D eigenvalue weighted by Crippen LogP contribution is -2.34. The largest absolute Gasteiger partial charge is 0.311 e. The van der Waals surface area contributed by atoms with Crippen LogP contribution in [0.25, 0.3) is 0 Å². The predicted molar refractivity (Wildman–Crippen MR) is 80.0 cm³/mol. The molecule has 0 fully saturated rings. The van der Waals surface area contributed by atoms with Gasteiger partial charge in [-0.25, -0.2) is 0 Å². The molecule has 0 bridgehead atoms. The summed E-state index contributed by atoms with van der Waals surface area (Å²) >= 11 is 0. The van der Waals surface area contributed by atoms with E-state index in [0.717, 1.165) is 19.6 Å². The van der Waals surface area contributed by atoms with Gasteiger partial charge in [-0.3, -0.25) is 0 Å². The molecule has 0 spiro atoms. The summed E-state index contributed by atoms with van der Waals surface area (Å²) in [6.45, 7) is 12.0. The van der Waals surface area contributed by atoms with E-state index in [-0.39, 0.29) is 0 Å². The third-order valence-electron chi connectivity index (χ3n) is 3.93. The molecule has 0 heterocycles. The summed E-state index contributed by atoms with van der Waals surface area (Å²) in [6, 6.07) is 7.18. The highest BCUT2D eigenvalue weighted by atomic mass is 15.1. The second kappa shape index (κ2) is 7.55. The number of hydrogen-bond acceptors (Lipinski definition) is 2. The lowest BCUT2D eigenvalue weighted by atomic mass is 10.0. The Labute approximate surface area is 112 Å². The van der Waals surface area contributed by atoms with Crippen molar-refractivity contribution in [2.24, 2.45) is 0 Å². The van der Waals surface area contributed by atoms with E-state index in [4.69, 9.17) is 0 Å². The quantitative estimate of drug-likeness (QED) is 0.746. The number of rotatable bonds is 7. The van der Waals surface area contributed by atoms with Crippen LogP contribution in [0.4, 0.5) is 0 Å². The van der Waals surface area contributed by atoms with Crippen molar-refractivity contribution in [3.63, 3.8) is 0 Å². The van der Waals surface area contributed by atoms with Crippen LogP contribution in [0.5, 0.6) is 0 Å². The van der Waals surface area contributed by atoms with Crippen LogP contribution in [0, 0.1) is 13.8 Å². The van der Waals surface area contributed by atoms with Crippen LogP contribution in [0.15, 0.2) is 18.2 Å². The monoisotopic (exact) mass is 248 g/mol. The number of aryl methyl sites for hydroxylation is 2. The van der Waals surface area contributed by atoms with E-state index in [1.165, 1.54) is 23.1 Å². The van der Waals surface area contributed by atoms with Crippen molar-refractivity contribution in [3.05, 3.63) is 34.9 Å². The molecule has 1 aromatic rings. The summed E-state index contributed by atoms with van der Waals surface area (Å²) < 4.78 is 0. The van der Waals surface area contributed by atoms with Gasteiger partial charge in [0.2, 0.25) is 0 Å². The van der Waals surface area contributed by atoms with Crippen LogP contribution in [-0.2, 0) is 6.54 Å². The highest BCUT2D eigenvalue weighted by Crippen LogP contribution is 2.12. The molecule has 0 aliphatic carbocycles. The maximum atomic E-state index is 3.55. The van der Waals surface area contributed by atoms with E-state index >= 15 is 0 Å². The maximum Gasteiger partial charge on any atom is 0.0211 e. The van der Waals surface area contributed by atoms with Gasteiger partial charge in [-0.15, -0.1) is 0 Å². The minimum Gasteiger partial charge on any atom is -0.311 e. The molecular formula is C16H28N2. The highest BCUT2D eigenvalue weighted by Gasteiger charge is 2.06. The summed E-state index contributed by atoms with van der Waals surface area (Å²) in [7, 11) is 2.20. The zero-order chi connectivity index (χ0) is 13.5. The van der Waals surface area contributed by atoms with Crippen molar-refractivity contribution >= 4 is 0 Å². The average molecular weight is 248 g/mol. The fraction of sp³-hybridized carbons (Fsp3) is 0.625. The second-order valence-electron chi connectivity index (χ2n) is 5.29.